The van der Waals surface area contributed by atoms with Crippen LogP contribution in [0.25, 0.3) is 11.3 Å². The first-order valence-electron chi connectivity index (χ1n) is 7.62. The summed E-state index contributed by atoms with van der Waals surface area (Å²) in [5, 5.41) is 3.26. The molecule has 0 spiro atoms. The molecule has 4 heteroatoms. The molecule has 0 radical (unpaired) electrons. The lowest BCUT2D eigenvalue weighted by atomic mass is 10.0. The molecule has 0 bridgehead atoms. The molecule has 0 saturated carbocycles. The van der Waals surface area contributed by atoms with Crippen molar-refractivity contribution in [2.75, 3.05) is 18.5 Å². The Hall–Kier alpha value is -2.10. The maximum Gasteiger partial charge on any atom is 0.223 e. The second kappa shape index (κ2) is 6.12. The van der Waals surface area contributed by atoms with Gasteiger partial charge in [-0.25, -0.2) is 9.97 Å². The number of aryl methyl sites for hydroxylation is 2. The van der Waals surface area contributed by atoms with E-state index in [0.717, 1.165) is 55.1 Å². The molecule has 21 heavy (non-hydrogen) atoms. The summed E-state index contributed by atoms with van der Waals surface area (Å²) in [5.74, 6) is 1.68. The first kappa shape index (κ1) is 13.9. The van der Waals surface area contributed by atoms with E-state index in [4.69, 9.17) is 4.74 Å². The first-order valence-corrected chi connectivity index (χ1v) is 7.62. The molecule has 1 aromatic heterocycles. The normalized spacial score (nSPS) is 13.4. The highest BCUT2D eigenvalue weighted by Crippen LogP contribution is 2.35. The van der Waals surface area contributed by atoms with Gasteiger partial charge in [0.05, 0.1) is 12.3 Å². The minimum Gasteiger partial charge on any atom is -0.493 e. The molecule has 3 rings (SSSR count). The summed E-state index contributed by atoms with van der Waals surface area (Å²) < 4.78 is 5.89. The molecule has 1 N–H and O–H groups in total. The van der Waals surface area contributed by atoms with Crippen molar-refractivity contribution in [3.8, 4) is 17.0 Å². The average Bonchev–Trinajstić information content (AvgIpc) is 2.52. The fourth-order valence-electron chi connectivity index (χ4n) is 2.61. The molecular formula is C17H21N3O. The van der Waals surface area contributed by atoms with Crippen LogP contribution in [0.1, 0.15) is 31.0 Å². The van der Waals surface area contributed by atoms with Gasteiger partial charge in [-0.1, -0.05) is 19.1 Å². The summed E-state index contributed by atoms with van der Waals surface area (Å²) in [5.41, 5.74) is 4.24. The average molecular weight is 283 g/mol. The van der Waals surface area contributed by atoms with Crippen molar-refractivity contribution in [3.05, 3.63) is 35.5 Å². The lowest BCUT2D eigenvalue weighted by Crippen LogP contribution is -2.10. The molecule has 0 aliphatic carbocycles. The Morgan fingerprint density at radius 2 is 2.19 bits per heavy atom. The van der Waals surface area contributed by atoms with Crippen LogP contribution in [-0.4, -0.2) is 23.1 Å². The van der Waals surface area contributed by atoms with Crippen molar-refractivity contribution >= 4 is 5.95 Å². The summed E-state index contributed by atoms with van der Waals surface area (Å²) in [6.07, 6.45) is 3.22. The Morgan fingerprint density at radius 1 is 1.29 bits per heavy atom. The number of anilines is 1. The maximum absolute atomic E-state index is 5.89. The highest BCUT2D eigenvalue weighted by molar-refractivity contribution is 5.70. The van der Waals surface area contributed by atoms with Crippen molar-refractivity contribution < 1.29 is 4.74 Å². The van der Waals surface area contributed by atoms with E-state index < -0.39 is 0 Å². The summed E-state index contributed by atoms with van der Waals surface area (Å²) in [4.78, 5) is 9.09. The molecule has 0 saturated heterocycles. The predicted molar refractivity (Wildman–Crippen MR) is 84.8 cm³/mol. The molecule has 0 unspecified atom stereocenters. The van der Waals surface area contributed by atoms with E-state index in [1.807, 2.05) is 13.0 Å². The number of nitrogens with one attached hydrogen (secondary N) is 1. The number of rotatable bonds is 4. The number of para-hydroxylation sites is 1. The van der Waals surface area contributed by atoms with Gasteiger partial charge in [-0.2, -0.15) is 0 Å². The Bertz CT molecular complexity index is 640. The summed E-state index contributed by atoms with van der Waals surface area (Å²) in [7, 11) is 0. The Labute approximate surface area is 125 Å². The molecule has 0 amide bonds. The first-order chi connectivity index (χ1) is 10.3. The van der Waals surface area contributed by atoms with Gasteiger partial charge in [0.25, 0.3) is 0 Å². The van der Waals surface area contributed by atoms with Crippen molar-refractivity contribution in [1.82, 2.24) is 9.97 Å². The number of benzene rings is 1. The van der Waals surface area contributed by atoms with Gasteiger partial charge < -0.3 is 10.1 Å². The van der Waals surface area contributed by atoms with Crippen LogP contribution >= 0.6 is 0 Å². The van der Waals surface area contributed by atoms with Crippen LogP contribution in [0.5, 0.6) is 5.75 Å². The molecule has 1 aliphatic rings. The predicted octanol–water partition coefficient (Wildman–Crippen LogP) is 3.60. The van der Waals surface area contributed by atoms with Crippen LogP contribution < -0.4 is 10.1 Å². The van der Waals surface area contributed by atoms with Crippen LogP contribution in [0.15, 0.2) is 24.3 Å². The zero-order chi connectivity index (χ0) is 14.7. The quantitative estimate of drug-likeness (QED) is 0.931. The lowest BCUT2D eigenvalue weighted by molar-refractivity contribution is 0.289. The molecule has 0 fully saturated rings. The maximum atomic E-state index is 5.89. The molecule has 4 nitrogen and oxygen atoms in total. The lowest BCUT2D eigenvalue weighted by Gasteiger charge is -2.20. The molecule has 0 atom stereocenters. The van der Waals surface area contributed by atoms with Gasteiger partial charge in [0.15, 0.2) is 0 Å². The van der Waals surface area contributed by atoms with E-state index in [-0.39, 0.29) is 0 Å². The highest BCUT2D eigenvalue weighted by Gasteiger charge is 2.17. The zero-order valence-electron chi connectivity index (χ0n) is 12.6. The SMILES string of the molecule is CCCNc1nc(C)cc(-c2cccc3c2OCCC3)n1. The smallest absolute Gasteiger partial charge is 0.223 e. The van der Waals surface area contributed by atoms with Crippen molar-refractivity contribution in [2.24, 2.45) is 0 Å². The molecule has 2 heterocycles. The van der Waals surface area contributed by atoms with E-state index in [2.05, 4.69) is 40.4 Å². The van der Waals surface area contributed by atoms with Crippen LogP contribution in [0.3, 0.4) is 0 Å². The third-order valence-electron chi connectivity index (χ3n) is 3.60. The third-order valence-corrected chi connectivity index (χ3v) is 3.60. The van der Waals surface area contributed by atoms with E-state index in [9.17, 15) is 0 Å². The van der Waals surface area contributed by atoms with Gasteiger partial charge in [0, 0.05) is 17.8 Å². The standard InChI is InChI=1S/C17H21N3O/c1-3-9-18-17-19-12(2)11-15(20-17)14-8-4-6-13-7-5-10-21-16(13)14/h4,6,8,11H,3,5,7,9-10H2,1-2H3,(H,18,19,20). The number of hydrogen-bond acceptors (Lipinski definition) is 4. The van der Waals surface area contributed by atoms with Crippen molar-refractivity contribution in [1.29, 1.82) is 0 Å². The zero-order valence-corrected chi connectivity index (χ0v) is 12.6. The van der Waals surface area contributed by atoms with Crippen LogP contribution in [0.4, 0.5) is 5.95 Å². The number of hydrogen-bond donors (Lipinski definition) is 1. The van der Waals surface area contributed by atoms with Gasteiger partial charge in [-0.05, 0) is 43.9 Å². The molecule has 1 aliphatic heterocycles. The van der Waals surface area contributed by atoms with Crippen molar-refractivity contribution in [3.63, 3.8) is 0 Å². The van der Waals surface area contributed by atoms with E-state index in [1.54, 1.807) is 0 Å². The summed E-state index contributed by atoms with van der Waals surface area (Å²) in [6.45, 7) is 5.80. The topological polar surface area (TPSA) is 47.0 Å². The van der Waals surface area contributed by atoms with Crippen LogP contribution in [0, 0.1) is 6.92 Å². The Balaban J connectivity index is 2.02. The molecular weight excluding hydrogens is 262 g/mol. The largest absolute Gasteiger partial charge is 0.493 e. The van der Waals surface area contributed by atoms with Gasteiger partial charge in [0.1, 0.15) is 5.75 Å². The van der Waals surface area contributed by atoms with Crippen LogP contribution in [-0.2, 0) is 6.42 Å². The van der Waals surface area contributed by atoms with Crippen molar-refractivity contribution in [2.45, 2.75) is 33.1 Å². The highest BCUT2D eigenvalue weighted by atomic mass is 16.5. The van der Waals surface area contributed by atoms with E-state index in [0.29, 0.717) is 5.95 Å². The summed E-state index contributed by atoms with van der Waals surface area (Å²) >= 11 is 0. The molecule has 1 aromatic carbocycles. The second-order valence-corrected chi connectivity index (χ2v) is 5.39. The van der Waals surface area contributed by atoms with E-state index >= 15 is 0 Å². The minimum atomic E-state index is 0.695. The second-order valence-electron chi connectivity index (χ2n) is 5.39. The number of aromatic nitrogens is 2. The monoisotopic (exact) mass is 283 g/mol. The van der Waals surface area contributed by atoms with Gasteiger partial charge in [-0.3, -0.25) is 0 Å². The Morgan fingerprint density at radius 3 is 3.05 bits per heavy atom. The summed E-state index contributed by atoms with van der Waals surface area (Å²) in [6, 6.07) is 8.32. The van der Waals surface area contributed by atoms with E-state index in [1.165, 1.54) is 5.56 Å². The fraction of sp³-hybridized carbons (Fsp3) is 0.412. The van der Waals surface area contributed by atoms with Gasteiger partial charge >= 0.3 is 0 Å². The Kier molecular flexibility index (Phi) is 4.04. The van der Waals surface area contributed by atoms with Crippen LogP contribution in [0.2, 0.25) is 0 Å². The number of fused-ring (bicyclic) bond motifs is 1. The third kappa shape index (κ3) is 2.99. The van der Waals surface area contributed by atoms with Gasteiger partial charge in [-0.15, -0.1) is 0 Å². The number of ether oxygens (including phenoxy) is 1. The molecule has 2 aromatic rings. The van der Waals surface area contributed by atoms with Gasteiger partial charge in [0.2, 0.25) is 5.95 Å². The fourth-order valence-corrected chi connectivity index (χ4v) is 2.61. The molecule has 110 valence electrons. The number of nitrogens with zero attached hydrogens (tertiary/aromatic N) is 2. The minimum absolute atomic E-state index is 0.695.